The Labute approximate surface area is 102 Å². The number of ether oxygens (including phenoxy) is 1. The molecule has 1 amide bonds. The summed E-state index contributed by atoms with van der Waals surface area (Å²) in [6.45, 7) is 4.92. The third-order valence-electron chi connectivity index (χ3n) is 2.41. The van der Waals surface area contributed by atoms with Gasteiger partial charge in [0, 0.05) is 12.1 Å². The second-order valence-corrected chi connectivity index (χ2v) is 3.97. The summed E-state index contributed by atoms with van der Waals surface area (Å²) in [5.41, 5.74) is 7.46. The molecule has 0 bridgehead atoms. The second-order valence-electron chi connectivity index (χ2n) is 3.97. The molecule has 0 aliphatic rings. The lowest BCUT2D eigenvalue weighted by Gasteiger charge is -2.09. The Hall–Kier alpha value is -1.71. The molecule has 0 saturated heterocycles. The van der Waals surface area contributed by atoms with Gasteiger partial charge in [-0.25, -0.2) is 0 Å². The molecule has 1 aromatic carbocycles. The first-order valence-corrected chi connectivity index (χ1v) is 5.89. The highest BCUT2D eigenvalue weighted by Gasteiger charge is 1.99. The van der Waals surface area contributed by atoms with Crippen LogP contribution < -0.4 is 15.8 Å². The van der Waals surface area contributed by atoms with Crippen LogP contribution in [0.15, 0.2) is 18.2 Å². The van der Waals surface area contributed by atoms with Crippen LogP contribution in [-0.4, -0.2) is 19.1 Å². The van der Waals surface area contributed by atoms with Crippen LogP contribution in [0.1, 0.15) is 25.3 Å². The van der Waals surface area contributed by atoms with Crippen LogP contribution >= 0.6 is 0 Å². The fourth-order valence-electron chi connectivity index (χ4n) is 1.41. The summed E-state index contributed by atoms with van der Waals surface area (Å²) >= 11 is 0. The van der Waals surface area contributed by atoms with E-state index >= 15 is 0 Å². The van der Waals surface area contributed by atoms with Gasteiger partial charge in [0.25, 0.3) is 0 Å². The van der Waals surface area contributed by atoms with Crippen molar-refractivity contribution < 1.29 is 9.53 Å². The van der Waals surface area contributed by atoms with Gasteiger partial charge < -0.3 is 15.8 Å². The molecule has 0 spiro atoms. The number of hydrogen-bond acceptors (Lipinski definition) is 3. The van der Waals surface area contributed by atoms with E-state index in [-0.39, 0.29) is 5.91 Å². The first-order chi connectivity index (χ1) is 8.13. The molecule has 3 N–H and O–H groups in total. The standard InChI is InChI=1S/C13H20N2O2/c1-3-4-13(16)15-7-8-17-11-5-6-12(14)10(2)9-11/h5-6,9H,3-4,7-8,14H2,1-2H3,(H,15,16). The summed E-state index contributed by atoms with van der Waals surface area (Å²) in [5.74, 6) is 0.853. The Morgan fingerprint density at radius 3 is 2.88 bits per heavy atom. The van der Waals surface area contributed by atoms with Crippen LogP contribution in [0.4, 0.5) is 5.69 Å². The minimum atomic E-state index is 0.0737. The Morgan fingerprint density at radius 2 is 2.24 bits per heavy atom. The van der Waals surface area contributed by atoms with Gasteiger partial charge in [0.1, 0.15) is 12.4 Å². The normalized spacial score (nSPS) is 10.0. The Morgan fingerprint density at radius 1 is 1.47 bits per heavy atom. The van der Waals surface area contributed by atoms with E-state index in [1.807, 2.05) is 32.0 Å². The Balaban J connectivity index is 2.26. The first kappa shape index (κ1) is 13.4. The molecule has 0 fully saturated rings. The monoisotopic (exact) mass is 236 g/mol. The maximum atomic E-state index is 11.2. The minimum absolute atomic E-state index is 0.0737. The number of nitrogen functional groups attached to an aromatic ring is 1. The first-order valence-electron chi connectivity index (χ1n) is 5.89. The van der Waals surface area contributed by atoms with Crippen molar-refractivity contribution in [1.82, 2.24) is 5.32 Å². The van der Waals surface area contributed by atoms with Gasteiger partial charge in [-0.3, -0.25) is 4.79 Å². The molecule has 0 unspecified atom stereocenters. The second kappa shape index (κ2) is 6.78. The average molecular weight is 236 g/mol. The van der Waals surface area contributed by atoms with Crippen LogP contribution in [-0.2, 0) is 4.79 Å². The van der Waals surface area contributed by atoms with E-state index in [1.165, 1.54) is 0 Å². The van der Waals surface area contributed by atoms with Gasteiger partial charge in [0.2, 0.25) is 5.91 Å². The molecule has 0 heterocycles. The lowest BCUT2D eigenvalue weighted by Crippen LogP contribution is -2.27. The summed E-state index contributed by atoms with van der Waals surface area (Å²) in [6, 6.07) is 5.54. The highest BCUT2D eigenvalue weighted by Crippen LogP contribution is 2.18. The molecule has 0 aliphatic carbocycles. The number of rotatable bonds is 6. The van der Waals surface area contributed by atoms with Gasteiger partial charge in [-0.1, -0.05) is 6.92 Å². The molecule has 17 heavy (non-hydrogen) atoms. The van der Waals surface area contributed by atoms with Crippen molar-refractivity contribution in [3.63, 3.8) is 0 Å². The van der Waals surface area contributed by atoms with Gasteiger partial charge in [-0.2, -0.15) is 0 Å². The molecular weight excluding hydrogens is 216 g/mol. The van der Waals surface area contributed by atoms with Crippen molar-refractivity contribution in [2.75, 3.05) is 18.9 Å². The zero-order valence-corrected chi connectivity index (χ0v) is 10.5. The smallest absolute Gasteiger partial charge is 0.220 e. The highest BCUT2D eigenvalue weighted by atomic mass is 16.5. The summed E-state index contributed by atoms with van der Waals surface area (Å²) in [6.07, 6.45) is 1.44. The number of carbonyl (C=O) groups excluding carboxylic acids is 1. The van der Waals surface area contributed by atoms with Crippen molar-refractivity contribution >= 4 is 11.6 Å². The zero-order chi connectivity index (χ0) is 12.7. The predicted molar refractivity (Wildman–Crippen MR) is 69.0 cm³/mol. The number of nitrogens with one attached hydrogen (secondary N) is 1. The number of anilines is 1. The maximum Gasteiger partial charge on any atom is 0.220 e. The van der Waals surface area contributed by atoms with Crippen LogP contribution in [0, 0.1) is 6.92 Å². The van der Waals surface area contributed by atoms with E-state index in [4.69, 9.17) is 10.5 Å². The number of benzene rings is 1. The van der Waals surface area contributed by atoms with Crippen molar-refractivity contribution in [3.8, 4) is 5.75 Å². The van der Waals surface area contributed by atoms with E-state index in [0.29, 0.717) is 19.6 Å². The minimum Gasteiger partial charge on any atom is -0.492 e. The van der Waals surface area contributed by atoms with Gasteiger partial charge in [0.05, 0.1) is 6.54 Å². The SMILES string of the molecule is CCCC(=O)NCCOc1ccc(N)c(C)c1. The van der Waals surface area contributed by atoms with Gasteiger partial charge >= 0.3 is 0 Å². The molecule has 4 heteroatoms. The molecule has 0 aromatic heterocycles. The van der Waals surface area contributed by atoms with Crippen LogP contribution in [0.25, 0.3) is 0 Å². The number of amides is 1. The largest absolute Gasteiger partial charge is 0.492 e. The Bertz CT molecular complexity index is 378. The quantitative estimate of drug-likeness (QED) is 0.585. The van der Waals surface area contributed by atoms with E-state index < -0.39 is 0 Å². The molecular formula is C13H20N2O2. The van der Waals surface area contributed by atoms with E-state index in [1.54, 1.807) is 0 Å². The third kappa shape index (κ3) is 4.76. The predicted octanol–water partition coefficient (Wildman–Crippen LogP) is 1.87. The van der Waals surface area contributed by atoms with E-state index in [0.717, 1.165) is 23.4 Å². The molecule has 0 aliphatic heterocycles. The van der Waals surface area contributed by atoms with Gasteiger partial charge in [-0.05, 0) is 37.1 Å². The summed E-state index contributed by atoms with van der Waals surface area (Å²) < 4.78 is 5.50. The Kier molecular flexibility index (Phi) is 5.33. The van der Waals surface area contributed by atoms with Crippen LogP contribution in [0.3, 0.4) is 0 Å². The summed E-state index contributed by atoms with van der Waals surface area (Å²) in [7, 11) is 0. The zero-order valence-electron chi connectivity index (χ0n) is 10.5. The number of hydrogen-bond donors (Lipinski definition) is 2. The number of carbonyl (C=O) groups is 1. The van der Waals surface area contributed by atoms with E-state index in [2.05, 4.69) is 5.32 Å². The number of nitrogens with two attached hydrogens (primary N) is 1. The topological polar surface area (TPSA) is 64.3 Å². The van der Waals surface area contributed by atoms with Gasteiger partial charge in [0.15, 0.2) is 0 Å². The molecule has 1 rings (SSSR count). The van der Waals surface area contributed by atoms with E-state index in [9.17, 15) is 4.79 Å². The highest BCUT2D eigenvalue weighted by molar-refractivity contribution is 5.75. The lowest BCUT2D eigenvalue weighted by molar-refractivity contribution is -0.121. The number of aryl methyl sites for hydroxylation is 1. The molecule has 0 saturated carbocycles. The van der Waals surface area contributed by atoms with Crippen molar-refractivity contribution in [2.24, 2.45) is 0 Å². The lowest BCUT2D eigenvalue weighted by atomic mass is 10.2. The van der Waals surface area contributed by atoms with Crippen molar-refractivity contribution in [3.05, 3.63) is 23.8 Å². The fourth-order valence-corrected chi connectivity index (χ4v) is 1.41. The van der Waals surface area contributed by atoms with Crippen molar-refractivity contribution in [1.29, 1.82) is 0 Å². The average Bonchev–Trinajstić information content (AvgIpc) is 2.29. The van der Waals surface area contributed by atoms with Gasteiger partial charge in [-0.15, -0.1) is 0 Å². The molecule has 4 nitrogen and oxygen atoms in total. The molecule has 0 atom stereocenters. The van der Waals surface area contributed by atoms with Crippen LogP contribution in [0.5, 0.6) is 5.75 Å². The summed E-state index contributed by atoms with van der Waals surface area (Å²) in [5, 5.41) is 2.79. The van der Waals surface area contributed by atoms with Crippen molar-refractivity contribution in [2.45, 2.75) is 26.7 Å². The molecule has 94 valence electrons. The maximum absolute atomic E-state index is 11.2. The van der Waals surface area contributed by atoms with Crippen LogP contribution in [0.2, 0.25) is 0 Å². The summed E-state index contributed by atoms with van der Waals surface area (Å²) in [4.78, 5) is 11.2. The molecule has 0 radical (unpaired) electrons. The molecule has 1 aromatic rings. The fraction of sp³-hybridized carbons (Fsp3) is 0.462. The third-order valence-corrected chi connectivity index (χ3v) is 2.41.